The molecule has 1 amide bonds. The molecule has 0 bridgehead atoms. The first kappa shape index (κ1) is 16.5. The second-order valence-electron chi connectivity index (χ2n) is 4.82. The minimum absolute atomic E-state index is 0.166. The predicted molar refractivity (Wildman–Crippen MR) is 86.6 cm³/mol. The zero-order chi connectivity index (χ0) is 15.9. The lowest BCUT2D eigenvalue weighted by Crippen LogP contribution is -2.31. The van der Waals surface area contributed by atoms with Crippen molar-refractivity contribution in [3.8, 4) is 5.69 Å². The summed E-state index contributed by atoms with van der Waals surface area (Å²) < 4.78 is 1.65. The summed E-state index contributed by atoms with van der Waals surface area (Å²) in [6.45, 7) is 3.27. The van der Waals surface area contributed by atoms with Gasteiger partial charge in [0.25, 0.3) is 5.91 Å². The Kier molecular flexibility index (Phi) is 5.91. The molecule has 1 aromatic heterocycles. The maximum Gasteiger partial charge on any atom is 0.291 e. The first-order valence-electron chi connectivity index (χ1n) is 7.31. The van der Waals surface area contributed by atoms with Gasteiger partial charge in [0.05, 0.1) is 10.7 Å². The fourth-order valence-corrected chi connectivity index (χ4v) is 2.24. The Morgan fingerprint density at radius 2 is 2.09 bits per heavy atom. The lowest BCUT2D eigenvalue weighted by atomic mass is 10.3. The van der Waals surface area contributed by atoms with Crippen LogP contribution in [0.3, 0.4) is 0 Å². The lowest BCUT2D eigenvalue weighted by molar-refractivity contribution is 0.0944. The monoisotopic (exact) mass is 321 g/mol. The number of carbonyl (C=O) groups is 1. The highest BCUT2D eigenvalue weighted by Gasteiger charge is 2.17. The van der Waals surface area contributed by atoms with Crippen molar-refractivity contribution in [1.29, 1.82) is 0 Å². The number of hydrogen-bond acceptors (Lipinski definition) is 4. The van der Waals surface area contributed by atoms with E-state index < -0.39 is 0 Å². The topological polar surface area (TPSA) is 71.8 Å². The molecule has 1 aromatic carbocycles. The van der Waals surface area contributed by atoms with E-state index >= 15 is 0 Å². The number of carbonyl (C=O) groups excluding carboxylic acids is 1. The highest BCUT2D eigenvalue weighted by molar-refractivity contribution is 6.32. The maximum absolute atomic E-state index is 12.1. The van der Waals surface area contributed by atoms with Crippen molar-refractivity contribution in [2.45, 2.75) is 19.8 Å². The number of para-hydroxylation sites is 1. The van der Waals surface area contributed by atoms with Gasteiger partial charge in [-0.3, -0.25) is 4.79 Å². The number of aromatic nitrogens is 3. The molecule has 6 nitrogen and oxygen atoms in total. The SMILES string of the molecule is CCCc1nc(C(=O)NCCNC)nn1-c1ccccc1Cl. The van der Waals surface area contributed by atoms with Gasteiger partial charge < -0.3 is 10.6 Å². The molecule has 0 aliphatic carbocycles. The number of nitrogens with one attached hydrogen (secondary N) is 2. The van der Waals surface area contributed by atoms with Crippen molar-refractivity contribution in [2.24, 2.45) is 0 Å². The van der Waals surface area contributed by atoms with Crippen LogP contribution in [0.4, 0.5) is 0 Å². The summed E-state index contributed by atoms with van der Waals surface area (Å²) in [6, 6.07) is 7.39. The normalized spacial score (nSPS) is 10.7. The molecular formula is C15H20ClN5O. The Bertz CT molecular complexity index is 641. The minimum atomic E-state index is -0.279. The van der Waals surface area contributed by atoms with Crippen LogP contribution >= 0.6 is 11.6 Å². The number of aryl methyl sites for hydroxylation is 1. The van der Waals surface area contributed by atoms with E-state index in [1.165, 1.54) is 0 Å². The molecule has 0 radical (unpaired) electrons. The standard InChI is InChI=1S/C15H20ClN5O/c1-3-6-13-19-14(15(22)18-10-9-17-2)20-21(13)12-8-5-4-7-11(12)16/h4-5,7-8,17H,3,6,9-10H2,1-2H3,(H,18,22). The van der Waals surface area contributed by atoms with Crippen LogP contribution in [0, 0.1) is 0 Å². The van der Waals surface area contributed by atoms with Gasteiger partial charge in [-0.15, -0.1) is 5.10 Å². The van der Waals surface area contributed by atoms with Crippen LogP contribution in [0.25, 0.3) is 5.69 Å². The number of hydrogen-bond donors (Lipinski definition) is 2. The summed E-state index contributed by atoms with van der Waals surface area (Å²) in [7, 11) is 1.83. The second-order valence-corrected chi connectivity index (χ2v) is 5.23. The summed E-state index contributed by atoms with van der Waals surface area (Å²) in [5.74, 6) is 0.618. The molecule has 7 heteroatoms. The van der Waals surface area contributed by atoms with Gasteiger partial charge in [0, 0.05) is 19.5 Å². The zero-order valence-electron chi connectivity index (χ0n) is 12.8. The molecule has 0 saturated carbocycles. The lowest BCUT2D eigenvalue weighted by Gasteiger charge is -2.06. The van der Waals surface area contributed by atoms with E-state index in [2.05, 4.69) is 27.6 Å². The molecule has 0 unspecified atom stereocenters. The largest absolute Gasteiger partial charge is 0.348 e. The number of halogens is 1. The molecule has 0 spiro atoms. The van der Waals surface area contributed by atoms with Gasteiger partial charge in [0.2, 0.25) is 5.82 Å². The summed E-state index contributed by atoms with van der Waals surface area (Å²) in [6.07, 6.45) is 1.63. The number of amides is 1. The summed E-state index contributed by atoms with van der Waals surface area (Å²) in [5, 5.41) is 10.6. The molecule has 2 N–H and O–H groups in total. The molecule has 22 heavy (non-hydrogen) atoms. The number of rotatable bonds is 7. The van der Waals surface area contributed by atoms with Crippen molar-refractivity contribution >= 4 is 17.5 Å². The van der Waals surface area contributed by atoms with Crippen molar-refractivity contribution in [2.75, 3.05) is 20.1 Å². The Balaban J connectivity index is 2.30. The fraction of sp³-hybridized carbons (Fsp3) is 0.400. The van der Waals surface area contributed by atoms with Crippen molar-refractivity contribution in [3.63, 3.8) is 0 Å². The Morgan fingerprint density at radius 1 is 1.32 bits per heavy atom. The van der Waals surface area contributed by atoms with Gasteiger partial charge in [-0.05, 0) is 25.6 Å². The van der Waals surface area contributed by atoms with Crippen LogP contribution in [-0.4, -0.2) is 40.8 Å². The number of likely N-dealkylation sites (N-methyl/N-ethyl adjacent to an activating group) is 1. The van der Waals surface area contributed by atoms with E-state index in [0.29, 0.717) is 18.1 Å². The van der Waals surface area contributed by atoms with Gasteiger partial charge in [-0.2, -0.15) is 0 Å². The molecule has 0 aliphatic heterocycles. The van der Waals surface area contributed by atoms with Gasteiger partial charge in [-0.25, -0.2) is 9.67 Å². The smallest absolute Gasteiger partial charge is 0.291 e. The van der Waals surface area contributed by atoms with Gasteiger partial charge in [-0.1, -0.05) is 30.7 Å². The average Bonchev–Trinajstić information content (AvgIpc) is 2.92. The van der Waals surface area contributed by atoms with Crippen LogP contribution in [-0.2, 0) is 6.42 Å². The Morgan fingerprint density at radius 3 is 2.77 bits per heavy atom. The molecule has 2 rings (SSSR count). The van der Waals surface area contributed by atoms with Crippen molar-refractivity contribution < 1.29 is 4.79 Å². The summed E-state index contributed by atoms with van der Waals surface area (Å²) in [4.78, 5) is 16.5. The van der Waals surface area contributed by atoms with Crippen LogP contribution in [0.15, 0.2) is 24.3 Å². The van der Waals surface area contributed by atoms with E-state index in [4.69, 9.17) is 11.6 Å². The van der Waals surface area contributed by atoms with E-state index in [0.717, 1.165) is 24.4 Å². The summed E-state index contributed by atoms with van der Waals surface area (Å²) >= 11 is 6.22. The quantitative estimate of drug-likeness (QED) is 0.763. The Hall–Kier alpha value is -1.92. The second kappa shape index (κ2) is 7.91. The van der Waals surface area contributed by atoms with Crippen LogP contribution in [0.1, 0.15) is 29.8 Å². The number of benzene rings is 1. The maximum atomic E-state index is 12.1. The predicted octanol–water partition coefficient (Wildman–Crippen LogP) is 1.82. The van der Waals surface area contributed by atoms with Crippen LogP contribution in [0.5, 0.6) is 0 Å². The fourth-order valence-electron chi connectivity index (χ4n) is 2.02. The first-order chi connectivity index (χ1) is 10.7. The van der Waals surface area contributed by atoms with E-state index in [1.807, 2.05) is 25.2 Å². The molecule has 118 valence electrons. The molecule has 0 saturated heterocycles. The van der Waals surface area contributed by atoms with Gasteiger partial charge in [0.1, 0.15) is 5.82 Å². The third kappa shape index (κ3) is 3.84. The Labute approximate surface area is 134 Å². The van der Waals surface area contributed by atoms with Gasteiger partial charge >= 0.3 is 0 Å². The van der Waals surface area contributed by atoms with Gasteiger partial charge in [0.15, 0.2) is 0 Å². The first-order valence-corrected chi connectivity index (χ1v) is 7.68. The van der Waals surface area contributed by atoms with Crippen LogP contribution < -0.4 is 10.6 Å². The number of nitrogens with zero attached hydrogens (tertiary/aromatic N) is 3. The minimum Gasteiger partial charge on any atom is -0.348 e. The van der Waals surface area contributed by atoms with Crippen molar-refractivity contribution in [1.82, 2.24) is 25.4 Å². The molecule has 1 heterocycles. The van der Waals surface area contributed by atoms with E-state index in [9.17, 15) is 4.79 Å². The molecule has 0 atom stereocenters. The third-order valence-corrected chi connectivity index (χ3v) is 3.41. The zero-order valence-corrected chi connectivity index (χ0v) is 13.5. The van der Waals surface area contributed by atoms with E-state index in [1.54, 1.807) is 10.7 Å². The van der Waals surface area contributed by atoms with Crippen LogP contribution in [0.2, 0.25) is 5.02 Å². The molecule has 2 aromatic rings. The molecular weight excluding hydrogens is 302 g/mol. The molecule has 0 aliphatic rings. The third-order valence-electron chi connectivity index (χ3n) is 3.09. The van der Waals surface area contributed by atoms with E-state index in [-0.39, 0.29) is 11.7 Å². The highest BCUT2D eigenvalue weighted by Crippen LogP contribution is 2.21. The molecule has 0 fully saturated rings. The average molecular weight is 322 g/mol. The highest BCUT2D eigenvalue weighted by atomic mass is 35.5. The van der Waals surface area contributed by atoms with Crippen molar-refractivity contribution in [3.05, 3.63) is 40.9 Å². The summed E-state index contributed by atoms with van der Waals surface area (Å²) in [5.41, 5.74) is 0.731.